The smallest absolute Gasteiger partial charge is 0.167 e. The van der Waals surface area contributed by atoms with E-state index in [2.05, 4.69) is 12.2 Å². The van der Waals surface area contributed by atoms with Crippen molar-refractivity contribution in [3.63, 3.8) is 0 Å². The lowest BCUT2D eigenvalue weighted by Gasteiger charge is -2.08. The first kappa shape index (κ1) is 15.0. The fraction of sp³-hybridized carbons (Fsp3) is 0.600. The molecule has 0 aliphatic heterocycles. The van der Waals surface area contributed by atoms with Crippen molar-refractivity contribution < 1.29 is 9.13 Å². The average molecular weight is 253 g/mol. The Bertz CT molecular complexity index is 341. The van der Waals surface area contributed by atoms with Gasteiger partial charge >= 0.3 is 0 Å². The van der Waals surface area contributed by atoms with Crippen molar-refractivity contribution in [3.8, 4) is 5.75 Å². The highest BCUT2D eigenvalue weighted by Crippen LogP contribution is 2.19. The maximum absolute atomic E-state index is 13.6. The Kier molecular flexibility index (Phi) is 7.42. The third-order valence-electron chi connectivity index (χ3n) is 2.84. The van der Waals surface area contributed by atoms with Crippen LogP contribution in [0.2, 0.25) is 0 Å². The monoisotopic (exact) mass is 253 g/mol. The molecular weight excluding hydrogens is 229 g/mol. The Morgan fingerprint density at radius 2 is 2.00 bits per heavy atom. The van der Waals surface area contributed by atoms with Crippen molar-refractivity contribution in [2.45, 2.75) is 39.5 Å². The van der Waals surface area contributed by atoms with Crippen molar-refractivity contribution in [2.75, 3.05) is 19.7 Å². The zero-order chi connectivity index (χ0) is 13.2. The van der Waals surface area contributed by atoms with Crippen molar-refractivity contribution in [1.29, 1.82) is 0 Å². The second-order valence-electron chi connectivity index (χ2n) is 4.55. The van der Waals surface area contributed by atoms with Gasteiger partial charge < -0.3 is 10.1 Å². The summed E-state index contributed by atoms with van der Waals surface area (Å²) in [5.74, 6) is 0.140. The standard InChI is InChI=1S/C15H24FNO/c1-3-10-17-11-5-4-6-12-18-14-9-7-8-13(2)15(14)16/h7-9,17H,3-6,10-12H2,1-2H3. The Morgan fingerprint density at radius 1 is 1.17 bits per heavy atom. The first-order valence-corrected chi connectivity index (χ1v) is 6.84. The van der Waals surface area contributed by atoms with Gasteiger partial charge in [-0.15, -0.1) is 0 Å². The highest BCUT2D eigenvalue weighted by Gasteiger charge is 2.04. The van der Waals surface area contributed by atoms with Gasteiger partial charge in [0.25, 0.3) is 0 Å². The number of ether oxygens (including phenoxy) is 1. The van der Waals surface area contributed by atoms with E-state index in [1.54, 1.807) is 19.1 Å². The minimum absolute atomic E-state index is 0.234. The van der Waals surface area contributed by atoms with Gasteiger partial charge in [-0.25, -0.2) is 4.39 Å². The van der Waals surface area contributed by atoms with Crippen LogP contribution in [0.5, 0.6) is 5.75 Å². The molecule has 2 nitrogen and oxygen atoms in total. The Labute approximate surface area is 110 Å². The first-order valence-electron chi connectivity index (χ1n) is 6.84. The molecule has 0 saturated carbocycles. The van der Waals surface area contributed by atoms with Crippen LogP contribution in [0.1, 0.15) is 38.2 Å². The topological polar surface area (TPSA) is 21.3 Å². The second-order valence-corrected chi connectivity index (χ2v) is 4.55. The van der Waals surface area contributed by atoms with Gasteiger partial charge in [-0.2, -0.15) is 0 Å². The lowest BCUT2D eigenvalue weighted by molar-refractivity contribution is 0.290. The lowest BCUT2D eigenvalue weighted by atomic mass is 10.2. The van der Waals surface area contributed by atoms with Crippen LogP contribution < -0.4 is 10.1 Å². The summed E-state index contributed by atoms with van der Waals surface area (Å²) < 4.78 is 19.0. The van der Waals surface area contributed by atoms with Gasteiger partial charge in [0.1, 0.15) is 0 Å². The molecule has 0 atom stereocenters. The summed E-state index contributed by atoms with van der Waals surface area (Å²) in [4.78, 5) is 0. The molecule has 0 heterocycles. The molecule has 0 radical (unpaired) electrons. The van der Waals surface area contributed by atoms with Crippen LogP contribution in [0, 0.1) is 12.7 Å². The summed E-state index contributed by atoms with van der Waals surface area (Å²) in [6.45, 7) is 6.66. The average Bonchev–Trinajstić information content (AvgIpc) is 2.37. The fourth-order valence-electron chi connectivity index (χ4n) is 1.74. The SMILES string of the molecule is CCCNCCCCCOc1cccc(C)c1F. The van der Waals surface area contributed by atoms with Crippen LogP contribution in [0.4, 0.5) is 4.39 Å². The third kappa shape index (κ3) is 5.50. The number of rotatable bonds is 9. The Balaban J connectivity index is 2.09. The molecule has 18 heavy (non-hydrogen) atoms. The van der Waals surface area contributed by atoms with Crippen molar-refractivity contribution in [3.05, 3.63) is 29.6 Å². The molecule has 102 valence electrons. The summed E-state index contributed by atoms with van der Waals surface area (Å²) in [6.07, 6.45) is 4.42. The molecule has 1 aromatic rings. The molecule has 0 saturated heterocycles. The zero-order valence-electron chi connectivity index (χ0n) is 11.5. The minimum atomic E-state index is -0.234. The third-order valence-corrected chi connectivity index (χ3v) is 2.84. The molecule has 0 fully saturated rings. The van der Waals surface area contributed by atoms with Gasteiger partial charge in [0.05, 0.1) is 6.61 Å². The summed E-state index contributed by atoms with van der Waals surface area (Å²) in [5.41, 5.74) is 0.635. The van der Waals surface area contributed by atoms with E-state index < -0.39 is 0 Å². The highest BCUT2D eigenvalue weighted by atomic mass is 19.1. The molecule has 0 amide bonds. The van der Waals surface area contributed by atoms with E-state index in [4.69, 9.17) is 4.74 Å². The quantitative estimate of drug-likeness (QED) is 0.678. The molecule has 1 rings (SSSR count). The molecule has 0 aromatic heterocycles. The molecule has 1 N–H and O–H groups in total. The number of unbranched alkanes of at least 4 members (excludes halogenated alkanes) is 2. The predicted molar refractivity (Wildman–Crippen MR) is 73.6 cm³/mol. The summed E-state index contributed by atoms with van der Waals surface area (Å²) >= 11 is 0. The maximum Gasteiger partial charge on any atom is 0.167 e. The Morgan fingerprint density at radius 3 is 2.78 bits per heavy atom. The molecule has 0 aliphatic rings. The fourth-order valence-corrected chi connectivity index (χ4v) is 1.74. The van der Waals surface area contributed by atoms with E-state index >= 15 is 0 Å². The lowest BCUT2D eigenvalue weighted by Crippen LogP contribution is -2.15. The minimum Gasteiger partial charge on any atom is -0.491 e. The van der Waals surface area contributed by atoms with Gasteiger partial charge in [0.15, 0.2) is 11.6 Å². The molecule has 0 unspecified atom stereocenters. The van der Waals surface area contributed by atoms with E-state index in [1.807, 2.05) is 6.07 Å². The Hall–Kier alpha value is -1.09. The van der Waals surface area contributed by atoms with E-state index in [1.165, 1.54) is 6.42 Å². The van der Waals surface area contributed by atoms with Crippen LogP contribution in [-0.2, 0) is 0 Å². The molecular formula is C15H24FNO. The highest BCUT2D eigenvalue weighted by molar-refractivity contribution is 5.29. The molecule has 1 aromatic carbocycles. The maximum atomic E-state index is 13.6. The summed E-state index contributed by atoms with van der Waals surface area (Å²) in [5, 5.41) is 3.36. The number of benzene rings is 1. The van der Waals surface area contributed by atoms with E-state index in [0.29, 0.717) is 17.9 Å². The van der Waals surface area contributed by atoms with Crippen molar-refractivity contribution in [1.82, 2.24) is 5.32 Å². The van der Waals surface area contributed by atoms with Gasteiger partial charge in [0, 0.05) is 0 Å². The number of halogens is 1. The van der Waals surface area contributed by atoms with E-state index in [9.17, 15) is 4.39 Å². The first-order chi connectivity index (χ1) is 8.75. The number of aryl methyl sites for hydroxylation is 1. The molecule has 0 aliphatic carbocycles. The van der Waals surface area contributed by atoms with E-state index in [0.717, 1.165) is 32.4 Å². The van der Waals surface area contributed by atoms with Gasteiger partial charge in [0.2, 0.25) is 0 Å². The van der Waals surface area contributed by atoms with E-state index in [-0.39, 0.29) is 5.82 Å². The molecule has 3 heteroatoms. The van der Waals surface area contributed by atoms with Crippen molar-refractivity contribution >= 4 is 0 Å². The number of hydrogen-bond donors (Lipinski definition) is 1. The van der Waals surface area contributed by atoms with Gasteiger partial charge in [-0.05, 0) is 57.3 Å². The van der Waals surface area contributed by atoms with Gasteiger partial charge in [-0.3, -0.25) is 0 Å². The summed E-state index contributed by atoms with van der Waals surface area (Å²) in [6, 6.07) is 5.26. The van der Waals surface area contributed by atoms with Crippen LogP contribution >= 0.6 is 0 Å². The summed E-state index contributed by atoms with van der Waals surface area (Å²) in [7, 11) is 0. The largest absolute Gasteiger partial charge is 0.491 e. The van der Waals surface area contributed by atoms with Crippen LogP contribution in [0.25, 0.3) is 0 Å². The van der Waals surface area contributed by atoms with Crippen LogP contribution in [0.15, 0.2) is 18.2 Å². The molecule has 0 bridgehead atoms. The van der Waals surface area contributed by atoms with Crippen LogP contribution in [0.3, 0.4) is 0 Å². The number of nitrogens with one attached hydrogen (secondary N) is 1. The predicted octanol–water partition coefficient (Wildman–Crippen LogP) is 3.68. The molecule has 0 spiro atoms. The normalized spacial score (nSPS) is 10.6. The zero-order valence-corrected chi connectivity index (χ0v) is 11.5. The second kappa shape index (κ2) is 8.92. The van der Waals surface area contributed by atoms with Gasteiger partial charge in [-0.1, -0.05) is 19.1 Å². The van der Waals surface area contributed by atoms with Crippen molar-refractivity contribution in [2.24, 2.45) is 0 Å². The number of hydrogen-bond acceptors (Lipinski definition) is 2. The van der Waals surface area contributed by atoms with Crippen LogP contribution in [-0.4, -0.2) is 19.7 Å².